The third kappa shape index (κ3) is 2.83. The van der Waals surface area contributed by atoms with Gasteiger partial charge in [-0.15, -0.1) is 1.44 Å². The molecule has 0 aliphatic carbocycles. The van der Waals surface area contributed by atoms with Crippen LogP contribution in [0.5, 0.6) is 0 Å². The summed E-state index contributed by atoms with van der Waals surface area (Å²) in [5.41, 5.74) is 5.77. The largest absolute Gasteiger partial charge is 0.300 e. The van der Waals surface area contributed by atoms with Crippen LogP contribution in [-0.2, 0) is 0 Å². The number of para-hydroxylation sites is 1. The number of nitrogens with one attached hydrogen (secondary N) is 1. The molecule has 0 bridgehead atoms. The van der Waals surface area contributed by atoms with Crippen molar-refractivity contribution in [3.05, 3.63) is 65.7 Å². The monoisotopic (exact) mass is 464 g/mol. The Morgan fingerprint density at radius 1 is 0.944 bits per heavy atom. The van der Waals surface area contributed by atoms with Crippen molar-refractivity contribution in [2.45, 2.75) is 0 Å². The Morgan fingerprint density at radius 3 is 2.33 bits per heavy atom. The number of nitrogens with zero attached hydrogens (tertiary/aromatic N) is 1. The quantitative estimate of drug-likeness (QED) is 0.418. The number of rotatable bonds is 4. The van der Waals surface area contributed by atoms with E-state index in [2.05, 4.69) is 6.86 Å². The highest BCUT2D eigenvalue weighted by Crippen LogP contribution is 2.46. The molecule has 0 saturated heterocycles. The summed E-state index contributed by atoms with van der Waals surface area (Å²) in [7, 11) is 0. The zero-order valence-electron chi connectivity index (χ0n) is 9.31. The lowest BCUT2D eigenvalue weighted by Crippen LogP contribution is -2.09. The highest BCUT2D eigenvalue weighted by Gasteiger charge is 2.16. The van der Waals surface area contributed by atoms with Crippen molar-refractivity contribution in [2.24, 2.45) is 0 Å². The van der Waals surface area contributed by atoms with Gasteiger partial charge in [-0.2, -0.15) is 0 Å². The van der Waals surface area contributed by atoms with Crippen LogP contribution < -0.4 is 5.43 Å². The molecule has 18 heavy (non-hydrogen) atoms. The van der Waals surface area contributed by atoms with Crippen molar-refractivity contribution in [3.63, 3.8) is 0 Å². The average molecular weight is 464 g/mol. The predicted molar refractivity (Wildman–Crippen MR) is 89.8 cm³/mol. The van der Waals surface area contributed by atoms with Crippen LogP contribution in [0.2, 0.25) is 0 Å². The second-order valence-corrected chi connectivity index (χ2v) is 13.1. The van der Waals surface area contributed by atoms with E-state index in [-0.39, 0.29) is 39.5 Å². The second-order valence-electron chi connectivity index (χ2n) is 3.71. The molecule has 0 aromatic heterocycles. The molecular formula is C13H10I2N2O. The van der Waals surface area contributed by atoms with Crippen LogP contribution in [0.4, 0.5) is 5.69 Å². The Morgan fingerprint density at radius 2 is 1.61 bits per heavy atom. The molecule has 0 radical (unpaired) electrons. The molecule has 92 valence electrons. The second kappa shape index (κ2) is 5.54. The van der Waals surface area contributed by atoms with Crippen molar-refractivity contribution in [2.75, 3.05) is 5.43 Å². The topological polar surface area (TPSA) is 32.1 Å². The summed E-state index contributed by atoms with van der Waals surface area (Å²) in [6, 6.07) is 17.2. The maximum absolute atomic E-state index is 12.4. The minimum Gasteiger partial charge on any atom is -0.300 e. The lowest BCUT2D eigenvalue weighted by Gasteiger charge is -2.10. The molecule has 1 N–H and O–H groups in total. The van der Waals surface area contributed by atoms with Crippen LogP contribution in [-0.4, -0.2) is 7.22 Å². The highest BCUT2D eigenvalue weighted by molar-refractivity contribution is 14.9. The molecule has 1 aliphatic rings. The van der Waals surface area contributed by atoms with Gasteiger partial charge in [-0.05, 0) is 12.1 Å². The molecule has 0 unspecified atom stereocenters. The van der Waals surface area contributed by atoms with Crippen molar-refractivity contribution in [1.29, 1.82) is 0 Å². The number of benzene rings is 2. The van der Waals surface area contributed by atoms with Crippen LogP contribution in [0.25, 0.3) is 0 Å². The minimum atomic E-state index is 0.0805. The Hall–Kier alpha value is -0.670. The summed E-state index contributed by atoms with van der Waals surface area (Å²) in [6.45, 7) is 0. The van der Waals surface area contributed by atoms with Gasteiger partial charge in [-0.3, -0.25) is 4.79 Å². The molecule has 3 rings (SSSR count). The Kier molecular flexibility index (Phi) is 3.80. The van der Waals surface area contributed by atoms with Gasteiger partial charge in [0.1, 0.15) is 0 Å². The van der Waals surface area contributed by atoms with E-state index in [1.54, 1.807) is 0 Å². The lowest BCUT2D eigenvalue weighted by atomic mass is 10.0. The molecule has 0 saturated carbocycles. The fourth-order valence-electron chi connectivity index (χ4n) is 1.66. The fourth-order valence-corrected chi connectivity index (χ4v) is 4.21. The average Bonchev–Trinajstić information content (AvgIpc) is 3.24. The number of hydrogen-bond donors (Lipinski definition) is 1. The third-order valence-corrected chi connectivity index (χ3v) is 8.64. The predicted octanol–water partition coefficient (Wildman–Crippen LogP) is 4.25. The van der Waals surface area contributed by atoms with E-state index in [1.165, 1.54) is 0 Å². The molecule has 0 amide bonds. The maximum atomic E-state index is 12.4. The van der Waals surface area contributed by atoms with E-state index in [4.69, 9.17) is 0 Å². The van der Waals surface area contributed by atoms with Gasteiger partial charge in [-0.1, -0.05) is 42.5 Å². The smallest absolute Gasteiger partial charge is 0.195 e. The Balaban J connectivity index is 1.93. The van der Waals surface area contributed by atoms with Crippen LogP contribution >= 0.6 is 33.7 Å². The SMILES string of the molecule is O=C(c1ccccc1)c1ccccc1NN1I=I1. The number of anilines is 1. The molecule has 1 heterocycles. The molecule has 0 spiro atoms. The molecular weight excluding hydrogens is 454 g/mol. The van der Waals surface area contributed by atoms with Crippen LogP contribution in [0.15, 0.2) is 54.6 Å². The molecule has 2 aromatic rings. The first-order chi connectivity index (χ1) is 8.84. The number of halogens is 2. The van der Waals surface area contributed by atoms with Gasteiger partial charge >= 0.3 is 0 Å². The number of ketones is 1. The Labute approximate surface area is 122 Å². The van der Waals surface area contributed by atoms with E-state index in [0.717, 1.165) is 16.8 Å². The maximum Gasteiger partial charge on any atom is 0.195 e. The van der Waals surface area contributed by atoms with Crippen molar-refractivity contribution < 1.29 is 4.79 Å². The van der Waals surface area contributed by atoms with Gasteiger partial charge in [0.2, 0.25) is 0 Å². The van der Waals surface area contributed by atoms with Gasteiger partial charge in [0.25, 0.3) is 0 Å². The van der Waals surface area contributed by atoms with Gasteiger partial charge in [-0.25, -0.2) is 0 Å². The van der Waals surface area contributed by atoms with E-state index in [1.807, 2.05) is 54.6 Å². The van der Waals surface area contributed by atoms with Gasteiger partial charge in [0.05, 0.1) is 39.4 Å². The molecule has 0 atom stereocenters. The van der Waals surface area contributed by atoms with Gasteiger partial charge in [0.15, 0.2) is 5.78 Å². The van der Waals surface area contributed by atoms with Crippen molar-refractivity contribution in [1.82, 2.24) is 1.44 Å². The van der Waals surface area contributed by atoms with Crippen LogP contribution in [0.3, 0.4) is 0 Å². The van der Waals surface area contributed by atoms with E-state index in [0.29, 0.717) is 0 Å². The van der Waals surface area contributed by atoms with Crippen molar-refractivity contribution in [3.8, 4) is 0 Å². The zero-order valence-corrected chi connectivity index (χ0v) is 13.6. The number of carbonyl (C=O) groups is 1. The molecule has 5 heteroatoms. The molecule has 0 fully saturated rings. The van der Waals surface area contributed by atoms with E-state index in [9.17, 15) is 4.79 Å². The fraction of sp³-hybridized carbons (Fsp3) is 0. The lowest BCUT2D eigenvalue weighted by molar-refractivity contribution is 0.103. The third-order valence-electron chi connectivity index (χ3n) is 2.54. The van der Waals surface area contributed by atoms with E-state index < -0.39 is 0 Å². The first-order valence-corrected chi connectivity index (χ1v) is 13.6. The Bertz CT molecular complexity index is 607. The minimum absolute atomic E-state index is 0.0805. The summed E-state index contributed by atoms with van der Waals surface area (Å²) >= 11 is 0.563. The molecule has 3 nitrogen and oxygen atoms in total. The number of carbonyl (C=O) groups excluding carboxylic acids is 1. The first-order valence-electron chi connectivity index (χ1n) is 5.40. The highest BCUT2D eigenvalue weighted by atomic mass is 128. The van der Waals surface area contributed by atoms with Gasteiger partial charge in [0, 0.05) is 11.1 Å². The standard InChI is InChI=1S/C13H10I2N2O/c18-13(10-6-2-1-3-7-10)11-8-4-5-9-12(11)16-17-14-15-17/h1-9,16H. The van der Waals surface area contributed by atoms with Crippen LogP contribution in [0, 0.1) is 0 Å². The van der Waals surface area contributed by atoms with Crippen LogP contribution in [0.1, 0.15) is 15.9 Å². The summed E-state index contributed by atoms with van der Waals surface area (Å²) in [6.07, 6.45) is 0. The normalized spacial score (nSPS) is 14.2. The van der Waals surface area contributed by atoms with Gasteiger partial charge < -0.3 is 5.43 Å². The zero-order chi connectivity index (χ0) is 12.4. The molecule has 1 aliphatic heterocycles. The first kappa shape index (κ1) is 12.4. The van der Waals surface area contributed by atoms with Crippen molar-refractivity contribution >= 4 is 45.2 Å². The summed E-state index contributed by atoms with van der Waals surface area (Å²) < 4.78 is 2.29. The number of hydrogen-bond acceptors (Lipinski definition) is 3. The summed E-state index contributed by atoms with van der Waals surface area (Å²) in [5, 5.41) is 0. The summed E-state index contributed by atoms with van der Waals surface area (Å²) in [4.78, 5) is 12.4. The summed E-state index contributed by atoms with van der Waals surface area (Å²) in [5.74, 6) is 0.0805. The number of hydrazine groups is 1. The van der Waals surface area contributed by atoms with E-state index >= 15 is 0 Å². The molecule has 2 aromatic carbocycles.